The van der Waals surface area contributed by atoms with Crippen LogP contribution in [0.15, 0.2) is 99.1 Å². The largest absolute Gasteiger partial charge is 0.358 e. The lowest BCUT2D eigenvalue weighted by atomic mass is 9.76. The Labute approximate surface area is 181 Å². The van der Waals surface area contributed by atoms with Gasteiger partial charge in [-0.05, 0) is 30.5 Å². The van der Waals surface area contributed by atoms with Crippen LogP contribution in [0.5, 0.6) is 0 Å². The average Bonchev–Trinajstić information content (AvgIpc) is 3.06. The van der Waals surface area contributed by atoms with Crippen molar-refractivity contribution in [3.05, 3.63) is 89.6 Å². The van der Waals surface area contributed by atoms with Gasteiger partial charge in [-0.25, -0.2) is 0 Å². The standard InChI is InChI=1S/C24H22N2O4S/c1-24(2)19-15-9-10-16-20(19)25-23(24)21(22(27)17-11-5-3-6-12-17)26-30-31(28,29)18-13-7-4-8-14-18/h3-8,11-16H,9-10H2,1-2H3/b26-21+. The molecular formula is C24H22N2O4S. The van der Waals surface area contributed by atoms with E-state index < -0.39 is 21.3 Å². The predicted molar refractivity (Wildman–Crippen MR) is 120 cm³/mol. The molecule has 0 spiro atoms. The van der Waals surface area contributed by atoms with Gasteiger partial charge in [-0.15, -0.1) is 0 Å². The molecule has 1 aliphatic carbocycles. The number of allylic oxidation sites excluding steroid dienone is 3. The topological polar surface area (TPSA) is 85.2 Å². The quantitative estimate of drug-likeness (QED) is 0.374. The molecule has 0 N–H and O–H groups in total. The average molecular weight is 435 g/mol. The van der Waals surface area contributed by atoms with Crippen LogP contribution in [0.3, 0.4) is 0 Å². The second-order valence-electron chi connectivity index (χ2n) is 7.85. The highest BCUT2D eigenvalue weighted by Crippen LogP contribution is 2.43. The number of carbonyl (C=O) groups is 1. The second kappa shape index (κ2) is 8.07. The first kappa shape index (κ1) is 20.9. The summed E-state index contributed by atoms with van der Waals surface area (Å²) in [5.41, 5.74) is 1.84. The fourth-order valence-electron chi connectivity index (χ4n) is 3.72. The van der Waals surface area contributed by atoms with E-state index in [4.69, 9.17) is 4.28 Å². The van der Waals surface area contributed by atoms with Gasteiger partial charge in [0, 0.05) is 11.0 Å². The zero-order valence-electron chi connectivity index (χ0n) is 17.3. The first-order chi connectivity index (χ1) is 14.8. The van der Waals surface area contributed by atoms with Gasteiger partial charge in [0.1, 0.15) is 4.90 Å². The highest BCUT2D eigenvalue weighted by Gasteiger charge is 2.43. The number of hydrogen-bond donors (Lipinski definition) is 0. The van der Waals surface area contributed by atoms with E-state index >= 15 is 0 Å². The third-order valence-electron chi connectivity index (χ3n) is 5.36. The van der Waals surface area contributed by atoms with Gasteiger partial charge < -0.3 is 0 Å². The van der Waals surface area contributed by atoms with E-state index in [2.05, 4.69) is 16.2 Å². The number of rotatable bonds is 6. The number of hydrogen-bond acceptors (Lipinski definition) is 6. The zero-order chi connectivity index (χ0) is 22.1. The summed E-state index contributed by atoms with van der Waals surface area (Å²) in [6.45, 7) is 3.90. The normalized spacial score (nSPS) is 17.9. The number of carbonyl (C=O) groups excluding carboxylic acids is 1. The van der Waals surface area contributed by atoms with Crippen LogP contribution in [-0.4, -0.2) is 25.6 Å². The molecule has 6 nitrogen and oxygen atoms in total. The van der Waals surface area contributed by atoms with E-state index in [1.807, 2.05) is 19.9 Å². The number of nitrogens with zero attached hydrogens (tertiary/aromatic N) is 2. The third-order valence-corrected chi connectivity index (χ3v) is 6.48. The van der Waals surface area contributed by atoms with Gasteiger partial charge in [-0.3, -0.25) is 14.1 Å². The lowest BCUT2D eigenvalue weighted by molar-refractivity contribution is 0.106. The van der Waals surface area contributed by atoms with Crippen molar-refractivity contribution in [2.45, 2.75) is 31.6 Å². The minimum absolute atomic E-state index is 0.0445. The summed E-state index contributed by atoms with van der Waals surface area (Å²) >= 11 is 0. The van der Waals surface area contributed by atoms with Gasteiger partial charge in [0.05, 0.1) is 11.4 Å². The van der Waals surface area contributed by atoms with E-state index in [9.17, 15) is 13.2 Å². The maximum Gasteiger partial charge on any atom is 0.358 e. The maximum atomic E-state index is 13.4. The molecule has 0 aromatic heterocycles. The number of benzene rings is 2. The molecule has 0 saturated carbocycles. The lowest BCUT2D eigenvalue weighted by Gasteiger charge is -2.24. The molecule has 7 heteroatoms. The summed E-state index contributed by atoms with van der Waals surface area (Å²) in [6.07, 6.45) is 5.89. The van der Waals surface area contributed by atoms with E-state index in [1.54, 1.807) is 48.5 Å². The zero-order valence-corrected chi connectivity index (χ0v) is 18.1. The van der Waals surface area contributed by atoms with Gasteiger partial charge in [-0.2, -0.15) is 8.42 Å². The first-order valence-corrected chi connectivity index (χ1v) is 11.4. The molecule has 31 heavy (non-hydrogen) atoms. The molecule has 0 radical (unpaired) electrons. The van der Waals surface area contributed by atoms with E-state index in [1.165, 1.54) is 12.1 Å². The van der Waals surface area contributed by atoms with Crippen LogP contribution in [0.4, 0.5) is 0 Å². The Bertz CT molecular complexity index is 1240. The van der Waals surface area contributed by atoms with Gasteiger partial charge in [-0.1, -0.05) is 79.7 Å². The lowest BCUT2D eigenvalue weighted by Crippen LogP contribution is -2.35. The van der Waals surface area contributed by atoms with Crippen molar-refractivity contribution in [2.24, 2.45) is 15.6 Å². The minimum atomic E-state index is -4.19. The summed E-state index contributed by atoms with van der Waals surface area (Å²) in [4.78, 5) is 18.0. The summed E-state index contributed by atoms with van der Waals surface area (Å²) in [7, 11) is -4.19. The van der Waals surface area contributed by atoms with Crippen LogP contribution in [0.25, 0.3) is 0 Å². The van der Waals surface area contributed by atoms with E-state index in [0.29, 0.717) is 11.3 Å². The van der Waals surface area contributed by atoms with Crippen LogP contribution < -0.4 is 0 Å². The number of oxime groups is 1. The molecule has 0 saturated heterocycles. The molecule has 0 fully saturated rings. The van der Waals surface area contributed by atoms with Crippen molar-refractivity contribution in [2.75, 3.05) is 0 Å². The van der Waals surface area contributed by atoms with Crippen LogP contribution in [0.1, 0.15) is 37.0 Å². The van der Waals surface area contributed by atoms with Gasteiger partial charge in [0.2, 0.25) is 5.78 Å². The van der Waals surface area contributed by atoms with Crippen molar-refractivity contribution >= 4 is 27.3 Å². The maximum absolute atomic E-state index is 13.4. The Morgan fingerprint density at radius 2 is 1.58 bits per heavy atom. The fraction of sp³-hybridized carbons (Fsp3) is 0.208. The van der Waals surface area contributed by atoms with Crippen LogP contribution >= 0.6 is 0 Å². The van der Waals surface area contributed by atoms with Gasteiger partial charge in [0.15, 0.2) is 5.71 Å². The first-order valence-electron chi connectivity index (χ1n) is 9.98. The smallest absolute Gasteiger partial charge is 0.287 e. The van der Waals surface area contributed by atoms with Crippen LogP contribution in [-0.2, 0) is 14.4 Å². The van der Waals surface area contributed by atoms with E-state index in [0.717, 1.165) is 24.1 Å². The summed E-state index contributed by atoms with van der Waals surface area (Å²) in [6, 6.07) is 16.3. The molecule has 0 unspecified atom stereocenters. The summed E-state index contributed by atoms with van der Waals surface area (Å²) < 4.78 is 30.2. The third kappa shape index (κ3) is 4.01. The Balaban J connectivity index is 1.80. The molecule has 2 aliphatic rings. The minimum Gasteiger partial charge on any atom is -0.287 e. The highest BCUT2D eigenvalue weighted by atomic mass is 32.2. The molecule has 1 heterocycles. The molecule has 4 rings (SSSR count). The summed E-state index contributed by atoms with van der Waals surface area (Å²) in [5, 5.41) is 3.88. The van der Waals surface area contributed by atoms with Crippen molar-refractivity contribution in [1.82, 2.24) is 0 Å². The van der Waals surface area contributed by atoms with Crippen molar-refractivity contribution in [3.63, 3.8) is 0 Å². The Kier molecular flexibility index (Phi) is 5.45. The number of aliphatic imine (C=N–C) groups is 1. The molecule has 2 aromatic rings. The molecule has 0 amide bonds. The summed E-state index contributed by atoms with van der Waals surface area (Å²) in [5.74, 6) is -0.449. The van der Waals surface area contributed by atoms with Gasteiger partial charge >= 0.3 is 10.1 Å². The van der Waals surface area contributed by atoms with Crippen molar-refractivity contribution in [1.29, 1.82) is 0 Å². The fourth-order valence-corrected chi connectivity index (χ4v) is 4.46. The SMILES string of the molecule is CC1(C)C2=CCCC=C2N=C1/C(=N/OS(=O)(=O)c1ccccc1)C(=O)c1ccccc1. The second-order valence-corrected chi connectivity index (χ2v) is 9.38. The van der Waals surface area contributed by atoms with Crippen LogP contribution in [0.2, 0.25) is 0 Å². The number of ketones is 1. The molecular weight excluding hydrogens is 412 g/mol. The molecule has 0 atom stereocenters. The Morgan fingerprint density at radius 3 is 2.23 bits per heavy atom. The van der Waals surface area contributed by atoms with Crippen molar-refractivity contribution in [3.8, 4) is 0 Å². The van der Waals surface area contributed by atoms with Gasteiger partial charge in [0.25, 0.3) is 0 Å². The Hall–Kier alpha value is -3.32. The van der Waals surface area contributed by atoms with Crippen molar-refractivity contribution < 1.29 is 17.5 Å². The monoisotopic (exact) mass is 434 g/mol. The van der Waals surface area contributed by atoms with E-state index in [-0.39, 0.29) is 10.6 Å². The number of Topliss-reactive ketones (excluding diaryl/α,β-unsaturated/α-hetero) is 1. The molecule has 158 valence electrons. The number of fused-ring (bicyclic) bond motifs is 1. The van der Waals surface area contributed by atoms with Crippen LogP contribution in [0, 0.1) is 5.41 Å². The molecule has 0 bridgehead atoms. The molecule has 1 aliphatic heterocycles. The molecule has 2 aromatic carbocycles. The highest BCUT2D eigenvalue weighted by molar-refractivity contribution is 7.86. The Morgan fingerprint density at radius 1 is 0.968 bits per heavy atom. The predicted octanol–water partition coefficient (Wildman–Crippen LogP) is 4.72.